The first-order chi connectivity index (χ1) is 11.2. The Morgan fingerprint density at radius 3 is 2.71 bits per heavy atom. The van der Waals surface area contributed by atoms with Crippen molar-refractivity contribution >= 4 is 44.9 Å². The van der Waals surface area contributed by atoms with Gasteiger partial charge in [0.1, 0.15) is 11.1 Å². The Labute approximate surface area is 142 Å². The van der Waals surface area contributed by atoms with E-state index in [9.17, 15) is 9.90 Å². The zero-order valence-corrected chi connectivity index (χ0v) is 15.3. The second-order valence-electron chi connectivity index (χ2n) is 5.79. The quantitative estimate of drug-likeness (QED) is 0.367. The molecule has 0 aliphatic rings. The Balaban J connectivity index is 2.51. The lowest BCUT2D eigenvalue weighted by Crippen LogP contribution is -2.48. The Bertz CT molecular complexity index is 768. The molecule has 0 bridgehead atoms. The number of methoxy groups -OCH3 is 2. The molecule has 0 aliphatic heterocycles. The van der Waals surface area contributed by atoms with Crippen LogP contribution in [0.4, 0.5) is 5.82 Å². The molecular formula is C13H21BN5O4P. The van der Waals surface area contributed by atoms with Gasteiger partial charge in [0.2, 0.25) is 0 Å². The van der Waals surface area contributed by atoms with Gasteiger partial charge in [-0.25, -0.2) is 19.7 Å². The summed E-state index contributed by atoms with van der Waals surface area (Å²) in [7, 11) is 4.54. The third-order valence-electron chi connectivity index (χ3n) is 3.91. The first-order valence-corrected chi connectivity index (χ1v) is 8.73. The van der Waals surface area contributed by atoms with E-state index in [1.54, 1.807) is 14.8 Å². The molecule has 2 heterocycles. The summed E-state index contributed by atoms with van der Waals surface area (Å²) in [5, 5.41) is 11.0. The predicted octanol–water partition coefficient (Wildman–Crippen LogP) is -1.45. The maximum Gasteiger partial charge on any atom is 0.337 e. The Morgan fingerprint density at radius 2 is 2.17 bits per heavy atom. The Kier molecular flexibility index (Phi) is 5.12. The minimum Gasteiger partial charge on any atom is -0.467 e. The maximum absolute atomic E-state index is 12.0. The number of nitrogen functional groups attached to an aromatic ring is 1. The number of rotatable bonds is 6. The van der Waals surface area contributed by atoms with Crippen molar-refractivity contribution in [1.29, 1.82) is 0 Å². The number of anilines is 1. The molecule has 0 aromatic carbocycles. The summed E-state index contributed by atoms with van der Waals surface area (Å²) in [6.45, 7) is 3.48. The molecule has 3 N–H and O–H groups in total. The van der Waals surface area contributed by atoms with Gasteiger partial charge in [0.15, 0.2) is 30.5 Å². The molecule has 0 saturated heterocycles. The summed E-state index contributed by atoms with van der Waals surface area (Å²) in [4.78, 5) is 24.8. The zero-order valence-electron chi connectivity index (χ0n) is 14.3. The van der Waals surface area contributed by atoms with Crippen LogP contribution in [0.5, 0.6) is 0 Å². The highest BCUT2D eigenvalue weighted by Crippen LogP contribution is 2.29. The average molecular weight is 353 g/mol. The number of carbonyl (C=O) groups excluding carboxylic acids is 1. The summed E-state index contributed by atoms with van der Waals surface area (Å²) in [6, 6.07) is 0. The van der Waals surface area contributed by atoms with Crippen molar-refractivity contribution in [1.82, 2.24) is 19.5 Å². The van der Waals surface area contributed by atoms with Gasteiger partial charge >= 0.3 is 5.97 Å². The van der Waals surface area contributed by atoms with Gasteiger partial charge in [0, 0.05) is 13.5 Å². The number of hydrogen-bond acceptors (Lipinski definition) is 8. The maximum atomic E-state index is 12.0. The average Bonchev–Trinajstić information content (AvgIpc) is 2.98. The van der Waals surface area contributed by atoms with Gasteiger partial charge in [-0.2, -0.15) is 0 Å². The molecule has 2 unspecified atom stereocenters. The second kappa shape index (κ2) is 6.62. The number of nitrogens with two attached hydrogens (primary N) is 1. The van der Waals surface area contributed by atoms with Gasteiger partial charge in [0.25, 0.3) is 0 Å². The third-order valence-corrected chi connectivity index (χ3v) is 4.58. The standard InChI is InChI=1S/C13H21BN5O4P/c1-12(23-3,10(20)22-2)5-13(14,21)19-6-16-7-8(15)17-11(24-4)18-9(7)19/h6,21,24H,5,14H2,1-4H3,(H2,15,17,18)/t12-,13?/m0/s1. The van der Waals surface area contributed by atoms with E-state index < -0.39 is 17.2 Å². The Hall–Kier alpha value is -1.77. The number of aromatic nitrogens is 4. The molecule has 0 spiro atoms. The zero-order chi connectivity index (χ0) is 18.1. The highest BCUT2D eigenvalue weighted by atomic mass is 31.1. The lowest BCUT2D eigenvalue weighted by molar-refractivity contribution is -0.171. The number of nitrogens with zero attached hydrogens (tertiary/aromatic N) is 4. The summed E-state index contributed by atoms with van der Waals surface area (Å²) in [5.74, 6) is -0.332. The fourth-order valence-corrected chi connectivity index (χ4v) is 3.00. The van der Waals surface area contributed by atoms with Crippen molar-refractivity contribution in [2.45, 2.75) is 24.6 Å². The van der Waals surface area contributed by atoms with Gasteiger partial charge in [0.05, 0.1) is 13.4 Å². The van der Waals surface area contributed by atoms with Gasteiger partial charge in [-0.3, -0.25) is 4.57 Å². The molecule has 0 fully saturated rings. The monoisotopic (exact) mass is 353 g/mol. The van der Waals surface area contributed by atoms with Crippen LogP contribution in [-0.2, 0) is 19.9 Å². The van der Waals surface area contributed by atoms with Crippen molar-refractivity contribution in [3.8, 4) is 0 Å². The molecule has 0 aliphatic carbocycles. The normalized spacial score (nSPS) is 17.0. The molecule has 0 amide bonds. The van der Waals surface area contributed by atoms with E-state index in [-0.39, 0.29) is 12.2 Å². The number of carbonyl (C=O) groups is 1. The van der Waals surface area contributed by atoms with Crippen LogP contribution in [0.3, 0.4) is 0 Å². The molecule has 9 nitrogen and oxygen atoms in total. The van der Waals surface area contributed by atoms with Crippen molar-refractivity contribution < 1.29 is 19.4 Å². The molecule has 130 valence electrons. The molecular weight excluding hydrogens is 332 g/mol. The van der Waals surface area contributed by atoms with Crippen LogP contribution in [0.15, 0.2) is 6.33 Å². The first-order valence-electron chi connectivity index (χ1n) is 7.23. The summed E-state index contributed by atoms with van der Waals surface area (Å²) in [6.07, 6.45) is 1.36. The smallest absolute Gasteiger partial charge is 0.337 e. The number of hydrogen-bond donors (Lipinski definition) is 2. The number of ether oxygens (including phenoxy) is 2. The van der Waals surface area contributed by atoms with Crippen LogP contribution in [0, 0.1) is 0 Å². The molecule has 0 radical (unpaired) electrons. The Morgan fingerprint density at radius 1 is 1.50 bits per heavy atom. The molecule has 0 saturated carbocycles. The summed E-state index contributed by atoms with van der Waals surface area (Å²) >= 11 is 0. The predicted molar refractivity (Wildman–Crippen MR) is 94.4 cm³/mol. The first kappa shape index (κ1) is 18.6. The van der Waals surface area contributed by atoms with E-state index in [4.69, 9.17) is 15.2 Å². The number of imidazole rings is 1. The lowest BCUT2D eigenvalue weighted by Gasteiger charge is -2.34. The third kappa shape index (κ3) is 3.22. The number of aliphatic hydroxyl groups is 1. The SMILES string of the molecule is BC(O)(C[C@](C)(OC)C(=O)OC)n1cnc2c(N)nc(PC)nc21. The minimum absolute atomic E-state index is 0.0672. The molecule has 3 atom stereocenters. The van der Waals surface area contributed by atoms with E-state index in [0.717, 1.165) is 0 Å². The topological polar surface area (TPSA) is 125 Å². The van der Waals surface area contributed by atoms with E-state index >= 15 is 0 Å². The van der Waals surface area contributed by atoms with Gasteiger partial charge in [-0.05, 0) is 13.6 Å². The molecule has 2 aromatic heterocycles. The summed E-state index contributed by atoms with van der Waals surface area (Å²) in [5.41, 5.74) is 4.44. The van der Waals surface area contributed by atoms with Crippen molar-refractivity contribution in [2.75, 3.05) is 26.6 Å². The van der Waals surface area contributed by atoms with Gasteiger partial charge in [-0.1, -0.05) is 8.58 Å². The molecule has 24 heavy (non-hydrogen) atoms. The van der Waals surface area contributed by atoms with Crippen molar-refractivity contribution in [2.24, 2.45) is 0 Å². The number of fused-ring (bicyclic) bond motifs is 1. The van der Waals surface area contributed by atoms with Crippen LogP contribution >= 0.6 is 8.58 Å². The fraction of sp³-hybridized carbons (Fsp3) is 0.538. The molecule has 2 aromatic rings. The van der Waals surface area contributed by atoms with Crippen LogP contribution < -0.4 is 11.3 Å². The van der Waals surface area contributed by atoms with Crippen molar-refractivity contribution in [3.63, 3.8) is 0 Å². The molecule has 2 rings (SSSR count). The van der Waals surface area contributed by atoms with Crippen LogP contribution in [0.1, 0.15) is 13.3 Å². The van der Waals surface area contributed by atoms with E-state index in [0.29, 0.717) is 25.3 Å². The van der Waals surface area contributed by atoms with E-state index in [2.05, 4.69) is 15.0 Å². The van der Waals surface area contributed by atoms with Crippen molar-refractivity contribution in [3.05, 3.63) is 6.33 Å². The second-order valence-corrected chi connectivity index (χ2v) is 6.74. The van der Waals surface area contributed by atoms with Crippen LogP contribution in [0.25, 0.3) is 11.2 Å². The van der Waals surface area contributed by atoms with Crippen LogP contribution in [0.2, 0.25) is 0 Å². The highest BCUT2D eigenvalue weighted by molar-refractivity contribution is 7.45. The highest BCUT2D eigenvalue weighted by Gasteiger charge is 2.42. The molecule has 11 heteroatoms. The largest absolute Gasteiger partial charge is 0.467 e. The number of esters is 1. The fourth-order valence-electron chi connectivity index (χ4n) is 2.55. The van der Waals surface area contributed by atoms with Crippen LogP contribution in [-0.4, -0.2) is 64.9 Å². The minimum atomic E-state index is -1.51. The van der Waals surface area contributed by atoms with Gasteiger partial charge in [-0.15, -0.1) is 0 Å². The van der Waals surface area contributed by atoms with E-state index in [1.807, 2.05) is 6.66 Å². The van der Waals surface area contributed by atoms with Gasteiger partial charge < -0.3 is 20.3 Å². The lowest BCUT2D eigenvalue weighted by atomic mass is 9.80. The summed E-state index contributed by atoms with van der Waals surface area (Å²) < 4.78 is 11.5. The van der Waals surface area contributed by atoms with E-state index in [1.165, 1.54) is 25.1 Å².